The molecular formula is C46H51N11O4. The van der Waals surface area contributed by atoms with E-state index in [1.54, 1.807) is 10.7 Å². The minimum absolute atomic E-state index is 0.103. The van der Waals surface area contributed by atoms with Crippen LogP contribution in [0.1, 0.15) is 75.1 Å². The number of amides is 4. The topological polar surface area (TPSA) is 161 Å². The minimum atomic E-state index is -0.960. The zero-order chi connectivity index (χ0) is 41.9. The molecule has 2 aromatic heterocycles. The van der Waals surface area contributed by atoms with Gasteiger partial charge in [-0.15, -0.1) is 0 Å². The third kappa shape index (κ3) is 7.39. The quantitative estimate of drug-likeness (QED) is 0.167. The Labute approximate surface area is 354 Å². The molecule has 7 heterocycles. The van der Waals surface area contributed by atoms with E-state index in [0.29, 0.717) is 29.0 Å². The van der Waals surface area contributed by atoms with Crippen LogP contribution in [0.5, 0.6) is 0 Å². The Morgan fingerprint density at radius 2 is 1.62 bits per heavy atom. The number of benzene rings is 3. The number of piperidine rings is 2. The number of aryl methyl sites for hydroxylation is 3. The van der Waals surface area contributed by atoms with Crippen molar-refractivity contribution in [1.82, 2.24) is 39.8 Å². The number of aromatic nitrogens is 4. The lowest BCUT2D eigenvalue weighted by atomic mass is 9.94. The number of carbonyl (C=O) groups excluding carboxylic acids is 4. The number of fused-ring (bicyclic) bond motifs is 3. The van der Waals surface area contributed by atoms with E-state index < -0.39 is 23.8 Å². The maximum Gasteiger partial charge on any atom is 0.262 e. The zero-order valence-corrected chi connectivity index (χ0v) is 34.9. The summed E-state index contributed by atoms with van der Waals surface area (Å²) in [5.41, 5.74) is 9.42. The van der Waals surface area contributed by atoms with Crippen LogP contribution in [0.4, 0.5) is 28.8 Å². The van der Waals surface area contributed by atoms with Crippen LogP contribution in [0.3, 0.4) is 0 Å². The molecule has 5 aliphatic rings. The predicted molar refractivity (Wildman–Crippen MR) is 232 cm³/mol. The summed E-state index contributed by atoms with van der Waals surface area (Å²) >= 11 is 0. The van der Waals surface area contributed by atoms with Crippen molar-refractivity contribution in [3.8, 4) is 0 Å². The van der Waals surface area contributed by atoms with E-state index in [4.69, 9.17) is 10.1 Å². The normalized spacial score (nSPS) is 21.3. The Morgan fingerprint density at radius 1 is 0.820 bits per heavy atom. The van der Waals surface area contributed by atoms with Crippen LogP contribution in [0.15, 0.2) is 60.8 Å². The molecule has 314 valence electrons. The van der Waals surface area contributed by atoms with Crippen LogP contribution in [0.2, 0.25) is 0 Å². The molecule has 5 aromatic rings. The maximum absolute atomic E-state index is 13.4. The van der Waals surface area contributed by atoms with Gasteiger partial charge in [0.15, 0.2) is 11.5 Å². The number of nitrogens with one attached hydrogen (secondary N) is 3. The van der Waals surface area contributed by atoms with Gasteiger partial charge in [-0.1, -0.05) is 24.3 Å². The Kier molecular flexibility index (Phi) is 10.0. The third-order valence-electron chi connectivity index (χ3n) is 13.5. The number of carbonyl (C=O) groups is 4. The van der Waals surface area contributed by atoms with Crippen molar-refractivity contribution in [3.05, 3.63) is 94.2 Å². The molecule has 3 fully saturated rings. The van der Waals surface area contributed by atoms with Crippen molar-refractivity contribution < 1.29 is 19.2 Å². The first-order valence-electron chi connectivity index (χ1n) is 21.5. The van der Waals surface area contributed by atoms with Crippen LogP contribution in [-0.2, 0) is 29.6 Å². The van der Waals surface area contributed by atoms with Crippen molar-refractivity contribution in [1.29, 1.82) is 0 Å². The molecule has 10 rings (SSSR count). The maximum atomic E-state index is 13.4. The number of rotatable bonds is 9. The van der Waals surface area contributed by atoms with Gasteiger partial charge in [-0.2, -0.15) is 10.1 Å². The molecule has 15 heteroatoms. The molecule has 0 radical (unpaired) electrons. The van der Waals surface area contributed by atoms with E-state index in [0.717, 1.165) is 121 Å². The average Bonchev–Trinajstić information content (AvgIpc) is 3.92. The second kappa shape index (κ2) is 15.7. The lowest BCUT2D eigenvalue weighted by Gasteiger charge is -2.41. The van der Waals surface area contributed by atoms with Gasteiger partial charge >= 0.3 is 0 Å². The minimum Gasteiger partial charge on any atom is -0.371 e. The number of hydrogen-bond acceptors (Lipinski definition) is 12. The number of para-hydroxylation sites is 1. The summed E-state index contributed by atoms with van der Waals surface area (Å²) in [5, 5.41) is 14.8. The van der Waals surface area contributed by atoms with E-state index in [9.17, 15) is 19.2 Å². The summed E-state index contributed by atoms with van der Waals surface area (Å²) in [5.74, 6) is -0.118. The summed E-state index contributed by atoms with van der Waals surface area (Å²) in [6.07, 6.45) is 6.49. The van der Waals surface area contributed by atoms with Gasteiger partial charge in [0, 0.05) is 75.5 Å². The first-order chi connectivity index (χ1) is 29.6. The molecule has 3 N–H and O–H groups in total. The van der Waals surface area contributed by atoms with Gasteiger partial charge in [0.25, 0.3) is 11.8 Å². The van der Waals surface area contributed by atoms with E-state index in [2.05, 4.69) is 85.9 Å². The van der Waals surface area contributed by atoms with Crippen LogP contribution < -0.4 is 20.9 Å². The van der Waals surface area contributed by atoms with Gasteiger partial charge < -0.3 is 20.4 Å². The van der Waals surface area contributed by atoms with Gasteiger partial charge in [0.05, 0.1) is 16.5 Å². The van der Waals surface area contributed by atoms with E-state index in [-0.39, 0.29) is 18.7 Å². The Hall–Kier alpha value is -6.19. The van der Waals surface area contributed by atoms with Crippen LogP contribution in [0, 0.1) is 19.8 Å². The Morgan fingerprint density at radius 3 is 2.43 bits per heavy atom. The average molecular weight is 822 g/mol. The fourth-order valence-electron chi connectivity index (χ4n) is 10.1. The van der Waals surface area contributed by atoms with Crippen molar-refractivity contribution in [2.45, 2.75) is 71.0 Å². The van der Waals surface area contributed by atoms with E-state index in [1.807, 2.05) is 25.4 Å². The summed E-state index contributed by atoms with van der Waals surface area (Å²) in [4.78, 5) is 68.9. The standard InChI is InChI=1S/C46H51N11O4/c1-27-5-4-6-28(2)40(27)50-41-37-23-47-46(51-42(37)53(3)52-41)48-32-8-7-30-14-20-56(26-31(30)21-32)33-15-17-54(18-16-33)24-29-13-19-55(25-29)34-9-10-35-36(22-34)45(61)57(44(35)60)38-11-12-39(58)49-43(38)59/h4-10,21-23,29,33,38H,11-20,24-26H2,1-3H3,(H,50,52)(H,47,48,51)(H,49,58,59)/t29-,38?/m0/s1. The Bertz CT molecular complexity index is 2580. The largest absolute Gasteiger partial charge is 0.371 e. The summed E-state index contributed by atoms with van der Waals surface area (Å²) in [6, 6.07) is 17.9. The molecule has 0 spiro atoms. The number of imide groups is 2. The zero-order valence-electron chi connectivity index (χ0n) is 34.9. The van der Waals surface area contributed by atoms with Gasteiger partial charge in [-0.05, 0) is 118 Å². The molecule has 15 nitrogen and oxygen atoms in total. The Balaban J connectivity index is 0.722. The summed E-state index contributed by atoms with van der Waals surface area (Å²) in [6.45, 7) is 11.2. The smallest absolute Gasteiger partial charge is 0.262 e. The van der Waals surface area contributed by atoms with Gasteiger partial charge in [-0.25, -0.2) is 9.67 Å². The van der Waals surface area contributed by atoms with Crippen molar-refractivity contribution >= 4 is 63.5 Å². The molecular weight excluding hydrogens is 771 g/mol. The first-order valence-corrected chi connectivity index (χ1v) is 21.5. The van der Waals surface area contributed by atoms with Gasteiger partial charge in [0.1, 0.15) is 6.04 Å². The lowest BCUT2D eigenvalue weighted by Crippen LogP contribution is -2.54. The molecule has 0 bridgehead atoms. The highest BCUT2D eigenvalue weighted by Gasteiger charge is 2.45. The van der Waals surface area contributed by atoms with Crippen molar-refractivity contribution in [2.75, 3.05) is 54.8 Å². The number of anilines is 5. The van der Waals surface area contributed by atoms with Crippen LogP contribution in [0.25, 0.3) is 11.0 Å². The molecule has 2 atom stereocenters. The second-order valence-corrected chi connectivity index (χ2v) is 17.4. The van der Waals surface area contributed by atoms with E-state index >= 15 is 0 Å². The molecule has 1 unspecified atom stereocenters. The molecule has 3 saturated heterocycles. The van der Waals surface area contributed by atoms with Crippen molar-refractivity contribution in [2.24, 2.45) is 13.0 Å². The SMILES string of the molecule is Cc1cccc(C)c1Nc1nn(C)c2nc(Nc3ccc4c(c3)CN(C3CCN(C[C@@H]5CCN(c6ccc7c(c6)C(=O)N(C6CCC(=O)NC6=O)C7=O)C5)CC3)CC4)ncc12. The lowest BCUT2D eigenvalue weighted by molar-refractivity contribution is -0.136. The number of nitrogens with zero attached hydrogens (tertiary/aromatic N) is 8. The molecule has 0 aliphatic carbocycles. The second-order valence-electron chi connectivity index (χ2n) is 17.4. The summed E-state index contributed by atoms with van der Waals surface area (Å²) < 4.78 is 1.79. The van der Waals surface area contributed by atoms with Crippen molar-refractivity contribution in [3.63, 3.8) is 0 Å². The highest BCUT2D eigenvalue weighted by atomic mass is 16.2. The molecule has 61 heavy (non-hydrogen) atoms. The first kappa shape index (κ1) is 39.0. The third-order valence-corrected chi connectivity index (χ3v) is 13.5. The highest BCUT2D eigenvalue weighted by molar-refractivity contribution is 6.23. The fourth-order valence-corrected chi connectivity index (χ4v) is 10.1. The van der Waals surface area contributed by atoms with Crippen LogP contribution in [-0.4, -0.2) is 109 Å². The fraction of sp³-hybridized carbons (Fsp3) is 0.413. The van der Waals surface area contributed by atoms with Crippen LogP contribution >= 0.6 is 0 Å². The molecule has 3 aromatic carbocycles. The molecule has 0 saturated carbocycles. The van der Waals surface area contributed by atoms with Gasteiger partial charge in [-0.3, -0.25) is 34.3 Å². The van der Waals surface area contributed by atoms with Gasteiger partial charge in [0.2, 0.25) is 17.8 Å². The monoisotopic (exact) mass is 821 g/mol. The number of hydrogen-bond donors (Lipinski definition) is 3. The number of likely N-dealkylation sites (tertiary alicyclic amines) is 1. The van der Waals surface area contributed by atoms with E-state index in [1.165, 1.54) is 11.1 Å². The highest BCUT2D eigenvalue weighted by Crippen LogP contribution is 2.34. The predicted octanol–water partition coefficient (Wildman–Crippen LogP) is 5.22. The molecule has 4 amide bonds. The molecule has 5 aliphatic heterocycles. The summed E-state index contributed by atoms with van der Waals surface area (Å²) in [7, 11) is 1.91.